The smallest absolute Gasteiger partial charge is 0.242 e. The molecule has 0 heterocycles. The molecule has 168 valence electrons. The van der Waals surface area contributed by atoms with Crippen LogP contribution >= 0.6 is 23.4 Å². The fraction of sp³-hybridized carbons (Fsp3) is 0.440. The number of carbonyl (C=O) groups is 2. The lowest BCUT2D eigenvalue weighted by molar-refractivity contribution is -0.139. The average Bonchev–Trinajstić information content (AvgIpc) is 2.76. The third kappa shape index (κ3) is 8.23. The van der Waals surface area contributed by atoms with Crippen LogP contribution in [0.1, 0.15) is 49.8 Å². The monoisotopic (exact) mass is 460 g/mol. The summed E-state index contributed by atoms with van der Waals surface area (Å²) in [5.74, 6) is 0.928. The first-order chi connectivity index (χ1) is 15.0. The maximum Gasteiger partial charge on any atom is 0.242 e. The molecule has 0 saturated heterocycles. The minimum atomic E-state index is -0.513. The van der Waals surface area contributed by atoms with Crippen molar-refractivity contribution >= 4 is 35.2 Å². The van der Waals surface area contributed by atoms with Gasteiger partial charge in [-0.1, -0.05) is 79.9 Å². The molecule has 0 aromatic heterocycles. The SMILES string of the molecule is CCCCNC(=O)C(CC)N(Cc1ccccc1Cl)C(=O)CSCc1ccc(C)cc1. The van der Waals surface area contributed by atoms with Crippen LogP contribution in [-0.2, 0) is 21.9 Å². The first-order valence-electron chi connectivity index (χ1n) is 10.9. The molecule has 2 rings (SSSR count). The fourth-order valence-corrected chi connectivity index (χ4v) is 4.33. The van der Waals surface area contributed by atoms with Crippen LogP contribution in [0.15, 0.2) is 48.5 Å². The Balaban J connectivity index is 2.10. The van der Waals surface area contributed by atoms with Crippen molar-refractivity contribution in [2.75, 3.05) is 12.3 Å². The molecule has 0 bridgehead atoms. The molecular weight excluding hydrogens is 428 g/mol. The zero-order valence-corrected chi connectivity index (χ0v) is 20.3. The molecule has 31 heavy (non-hydrogen) atoms. The quantitative estimate of drug-likeness (QED) is 0.419. The number of nitrogens with one attached hydrogen (secondary N) is 1. The first-order valence-corrected chi connectivity index (χ1v) is 12.4. The molecule has 0 spiro atoms. The van der Waals surface area contributed by atoms with Gasteiger partial charge < -0.3 is 10.2 Å². The Hall–Kier alpha value is -1.98. The van der Waals surface area contributed by atoms with Gasteiger partial charge in [-0.2, -0.15) is 0 Å². The summed E-state index contributed by atoms with van der Waals surface area (Å²) in [7, 11) is 0. The third-order valence-electron chi connectivity index (χ3n) is 5.13. The Morgan fingerprint density at radius 3 is 2.45 bits per heavy atom. The first kappa shape index (κ1) is 25.3. The number of thioether (sulfide) groups is 1. The number of aryl methyl sites for hydroxylation is 1. The van der Waals surface area contributed by atoms with Gasteiger partial charge in [0.15, 0.2) is 0 Å². The molecule has 6 heteroatoms. The number of halogens is 1. The van der Waals surface area contributed by atoms with E-state index in [1.54, 1.807) is 16.7 Å². The Kier molecular flexibility index (Phi) is 11.0. The van der Waals surface area contributed by atoms with Gasteiger partial charge in [0.05, 0.1) is 5.75 Å². The van der Waals surface area contributed by atoms with Gasteiger partial charge in [-0.3, -0.25) is 9.59 Å². The molecule has 2 aromatic carbocycles. The van der Waals surface area contributed by atoms with Gasteiger partial charge in [0.1, 0.15) is 6.04 Å². The van der Waals surface area contributed by atoms with Gasteiger partial charge in [0.25, 0.3) is 0 Å². The number of unbranched alkanes of at least 4 members (excludes halogenated alkanes) is 1. The maximum absolute atomic E-state index is 13.2. The summed E-state index contributed by atoms with van der Waals surface area (Å²) in [4.78, 5) is 27.8. The van der Waals surface area contributed by atoms with Crippen LogP contribution in [0, 0.1) is 6.92 Å². The van der Waals surface area contributed by atoms with Crippen molar-refractivity contribution in [3.63, 3.8) is 0 Å². The minimum Gasteiger partial charge on any atom is -0.354 e. The Bertz CT molecular complexity index is 842. The number of amides is 2. The number of carbonyl (C=O) groups excluding carboxylic acids is 2. The van der Waals surface area contributed by atoms with Gasteiger partial charge in [-0.15, -0.1) is 11.8 Å². The van der Waals surface area contributed by atoms with Crippen LogP contribution < -0.4 is 5.32 Å². The molecule has 1 unspecified atom stereocenters. The summed E-state index contributed by atoms with van der Waals surface area (Å²) in [6, 6.07) is 15.3. The predicted octanol–water partition coefficient (Wildman–Crippen LogP) is 5.61. The largest absolute Gasteiger partial charge is 0.354 e. The second-order valence-electron chi connectivity index (χ2n) is 7.66. The lowest BCUT2D eigenvalue weighted by Crippen LogP contribution is -2.49. The van der Waals surface area contributed by atoms with E-state index in [9.17, 15) is 9.59 Å². The molecule has 0 radical (unpaired) electrons. The van der Waals surface area contributed by atoms with Crippen LogP contribution in [-0.4, -0.2) is 35.1 Å². The molecule has 2 amide bonds. The highest BCUT2D eigenvalue weighted by molar-refractivity contribution is 7.99. The zero-order valence-electron chi connectivity index (χ0n) is 18.7. The predicted molar refractivity (Wildman–Crippen MR) is 131 cm³/mol. The van der Waals surface area contributed by atoms with Gasteiger partial charge in [0, 0.05) is 23.9 Å². The van der Waals surface area contributed by atoms with Crippen molar-refractivity contribution in [1.29, 1.82) is 0 Å². The molecule has 2 aromatic rings. The van der Waals surface area contributed by atoms with E-state index in [1.807, 2.05) is 31.2 Å². The van der Waals surface area contributed by atoms with Crippen molar-refractivity contribution in [3.05, 3.63) is 70.2 Å². The van der Waals surface area contributed by atoms with E-state index in [0.29, 0.717) is 30.3 Å². The van der Waals surface area contributed by atoms with E-state index >= 15 is 0 Å². The standard InChI is InChI=1S/C25H33ClN2O2S/c1-4-6-15-27-25(30)23(5-2)28(16-21-9-7-8-10-22(21)26)24(29)18-31-17-20-13-11-19(3)12-14-20/h7-14,23H,4-6,15-18H2,1-3H3,(H,27,30). The lowest BCUT2D eigenvalue weighted by Gasteiger charge is -2.31. The normalized spacial score (nSPS) is 11.7. The highest BCUT2D eigenvalue weighted by Crippen LogP contribution is 2.21. The molecule has 0 saturated carbocycles. The molecule has 0 aliphatic carbocycles. The van der Waals surface area contributed by atoms with Crippen molar-refractivity contribution in [1.82, 2.24) is 10.2 Å². The van der Waals surface area contributed by atoms with Gasteiger partial charge in [0.2, 0.25) is 11.8 Å². The molecule has 0 aliphatic rings. The van der Waals surface area contributed by atoms with Crippen molar-refractivity contribution in [2.24, 2.45) is 0 Å². The van der Waals surface area contributed by atoms with E-state index < -0.39 is 6.04 Å². The zero-order chi connectivity index (χ0) is 22.6. The molecule has 1 atom stereocenters. The summed E-state index contributed by atoms with van der Waals surface area (Å²) in [6.45, 7) is 7.03. The molecule has 4 nitrogen and oxygen atoms in total. The van der Waals surface area contributed by atoms with E-state index in [0.717, 1.165) is 24.2 Å². The van der Waals surface area contributed by atoms with Gasteiger partial charge in [-0.05, 0) is 37.0 Å². The third-order valence-corrected chi connectivity index (χ3v) is 6.49. The maximum atomic E-state index is 13.2. The molecule has 1 N–H and O–H groups in total. The van der Waals surface area contributed by atoms with Crippen molar-refractivity contribution in [3.8, 4) is 0 Å². The summed E-state index contributed by atoms with van der Waals surface area (Å²) >= 11 is 7.92. The second-order valence-corrected chi connectivity index (χ2v) is 9.05. The van der Waals surface area contributed by atoms with E-state index in [2.05, 4.69) is 43.4 Å². The Morgan fingerprint density at radius 2 is 1.81 bits per heavy atom. The minimum absolute atomic E-state index is 0.0467. The molecule has 0 fully saturated rings. The van der Waals surface area contributed by atoms with Crippen LogP contribution in [0.2, 0.25) is 5.02 Å². The molecule has 0 aliphatic heterocycles. The molecular formula is C25H33ClN2O2S. The second kappa shape index (κ2) is 13.4. The van der Waals surface area contributed by atoms with Gasteiger partial charge in [-0.25, -0.2) is 0 Å². The number of hydrogen-bond donors (Lipinski definition) is 1. The van der Waals surface area contributed by atoms with Crippen LogP contribution in [0.3, 0.4) is 0 Å². The topological polar surface area (TPSA) is 49.4 Å². The van der Waals surface area contributed by atoms with Crippen molar-refractivity contribution in [2.45, 2.75) is 58.4 Å². The number of benzene rings is 2. The highest BCUT2D eigenvalue weighted by Gasteiger charge is 2.28. The summed E-state index contributed by atoms with van der Waals surface area (Å²) in [5.41, 5.74) is 3.25. The van der Waals surface area contributed by atoms with Crippen LogP contribution in [0.5, 0.6) is 0 Å². The van der Waals surface area contributed by atoms with E-state index in [4.69, 9.17) is 11.6 Å². The number of hydrogen-bond acceptors (Lipinski definition) is 3. The van der Waals surface area contributed by atoms with E-state index in [1.165, 1.54) is 11.1 Å². The Morgan fingerprint density at radius 1 is 1.10 bits per heavy atom. The lowest BCUT2D eigenvalue weighted by atomic mass is 10.1. The van der Waals surface area contributed by atoms with Crippen LogP contribution in [0.4, 0.5) is 0 Å². The fourth-order valence-electron chi connectivity index (χ4n) is 3.26. The van der Waals surface area contributed by atoms with Gasteiger partial charge >= 0.3 is 0 Å². The summed E-state index contributed by atoms with van der Waals surface area (Å²) in [6.07, 6.45) is 2.48. The summed E-state index contributed by atoms with van der Waals surface area (Å²) in [5, 5.41) is 3.59. The van der Waals surface area contributed by atoms with Crippen LogP contribution in [0.25, 0.3) is 0 Å². The summed E-state index contributed by atoms with van der Waals surface area (Å²) < 4.78 is 0. The average molecular weight is 461 g/mol. The van der Waals surface area contributed by atoms with E-state index in [-0.39, 0.29) is 11.8 Å². The Labute approximate surface area is 195 Å². The van der Waals surface area contributed by atoms with Crippen molar-refractivity contribution < 1.29 is 9.59 Å². The number of nitrogens with zero attached hydrogens (tertiary/aromatic N) is 1. The highest BCUT2D eigenvalue weighted by atomic mass is 35.5. The number of rotatable bonds is 12.